The zero-order chi connectivity index (χ0) is 28.8. The summed E-state index contributed by atoms with van der Waals surface area (Å²) in [6.07, 6.45) is 6.52. The van der Waals surface area contributed by atoms with Crippen LogP contribution in [0.5, 0.6) is 11.5 Å². The molecule has 2 aromatic carbocycles. The van der Waals surface area contributed by atoms with Gasteiger partial charge < -0.3 is 15.2 Å². The van der Waals surface area contributed by atoms with Gasteiger partial charge in [-0.25, -0.2) is 8.42 Å². The number of aromatic hydroxyl groups is 1. The highest BCUT2D eigenvalue weighted by atomic mass is 32.2. The second-order valence-corrected chi connectivity index (χ2v) is 13.1. The minimum Gasteiger partial charge on any atom is -0.508 e. The molecule has 0 spiro atoms. The molecule has 0 aliphatic carbocycles. The SMILES string of the molecule is CS(=O)(=O)c1ccc(OC2CCN(Cc3ccc(C(=O)NC4CCN(Cc5ccc(O)cc5)CC4)cn3)CC2)cc1. The van der Waals surface area contributed by atoms with Crippen molar-refractivity contribution >= 4 is 15.7 Å². The van der Waals surface area contributed by atoms with E-state index in [0.29, 0.717) is 16.2 Å². The van der Waals surface area contributed by atoms with Crippen molar-refractivity contribution in [3.63, 3.8) is 0 Å². The van der Waals surface area contributed by atoms with Crippen LogP contribution in [0.4, 0.5) is 0 Å². The number of benzene rings is 2. The summed E-state index contributed by atoms with van der Waals surface area (Å²) in [5, 5.41) is 12.6. The molecule has 1 amide bonds. The van der Waals surface area contributed by atoms with Crippen LogP contribution in [0.3, 0.4) is 0 Å². The second kappa shape index (κ2) is 13.0. The molecular weight excluding hydrogens is 540 g/mol. The van der Waals surface area contributed by atoms with Crippen LogP contribution in [0.1, 0.15) is 47.3 Å². The minimum absolute atomic E-state index is 0.0800. The summed E-state index contributed by atoms with van der Waals surface area (Å²) < 4.78 is 29.3. The summed E-state index contributed by atoms with van der Waals surface area (Å²) in [5.74, 6) is 0.886. The fraction of sp³-hybridized carbons (Fsp3) is 0.419. The highest BCUT2D eigenvalue weighted by molar-refractivity contribution is 7.90. The van der Waals surface area contributed by atoms with Gasteiger partial charge in [0.05, 0.1) is 16.2 Å². The first-order valence-corrected chi connectivity index (χ1v) is 16.1. The summed E-state index contributed by atoms with van der Waals surface area (Å²) in [5.41, 5.74) is 2.68. The molecule has 0 unspecified atom stereocenters. The number of piperidine rings is 2. The Hall–Kier alpha value is -3.47. The van der Waals surface area contributed by atoms with Crippen molar-refractivity contribution in [3.8, 4) is 11.5 Å². The molecule has 9 nitrogen and oxygen atoms in total. The lowest BCUT2D eigenvalue weighted by atomic mass is 10.0. The zero-order valence-electron chi connectivity index (χ0n) is 23.4. The van der Waals surface area contributed by atoms with Gasteiger partial charge in [-0.05, 0) is 79.8 Å². The molecule has 0 saturated carbocycles. The summed E-state index contributed by atoms with van der Waals surface area (Å²) in [6.45, 7) is 5.15. The number of likely N-dealkylation sites (tertiary alicyclic amines) is 2. The lowest BCUT2D eigenvalue weighted by Gasteiger charge is -2.32. The fourth-order valence-corrected chi connectivity index (χ4v) is 6.02. The Morgan fingerprint density at radius 1 is 0.902 bits per heavy atom. The van der Waals surface area contributed by atoms with E-state index < -0.39 is 9.84 Å². The molecule has 0 radical (unpaired) electrons. The van der Waals surface area contributed by atoms with E-state index in [1.807, 2.05) is 24.3 Å². The lowest BCUT2D eigenvalue weighted by molar-refractivity contribution is 0.0907. The summed E-state index contributed by atoms with van der Waals surface area (Å²) in [7, 11) is -3.21. The van der Waals surface area contributed by atoms with Crippen LogP contribution in [0.2, 0.25) is 0 Å². The number of sulfone groups is 1. The number of aromatic nitrogens is 1. The minimum atomic E-state index is -3.21. The van der Waals surface area contributed by atoms with Gasteiger partial charge >= 0.3 is 0 Å². The largest absolute Gasteiger partial charge is 0.508 e. The Morgan fingerprint density at radius 2 is 1.54 bits per heavy atom. The molecule has 2 N–H and O–H groups in total. The van der Waals surface area contributed by atoms with Crippen LogP contribution in [0.25, 0.3) is 0 Å². The van der Waals surface area contributed by atoms with Gasteiger partial charge in [0, 0.05) is 57.8 Å². The number of carbonyl (C=O) groups excluding carboxylic acids is 1. The van der Waals surface area contributed by atoms with Gasteiger partial charge in [0.2, 0.25) is 0 Å². The van der Waals surface area contributed by atoms with Crippen LogP contribution in [-0.4, -0.2) is 78.8 Å². The van der Waals surface area contributed by atoms with Crippen LogP contribution < -0.4 is 10.1 Å². The number of nitrogens with one attached hydrogen (secondary N) is 1. The monoisotopic (exact) mass is 578 g/mol. The van der Waals surface area contributed by atoms with Crippen molar-refractivity contribution in [1.29, 1.82) is 0 Å². The van der Waals surface area contributed by atoms with E-state index >= 15 is 0 Å². The Balaban J connectivity index is 1.02. The number of phenolic OH excluding ortho intramolecular Hbond substituents is 1. The summed E-state index contributed by atoms with van der Waals surface area (Å²) in [4.78, 5) is 22.4. The van der Waals surface area contributed by atoms with E-state index in [0.717, 1.165) is 70.6 Å². The van der Waals surface area contributed by atoms with Gasteiger partial charge in [-0.15, -0.1) is 0 Å². The van der Waals surface area contributed by atoms with Gasteiger partial charge in [-0.3, -0.25) is 19.6 Å². The first-order chi connectivity index (χ1) is 19.7. The van der Waals surface area contributed by atoms with Crippen LogP contribution in [-0.2, 0) is 22.9 Å². The molecular formula is C31H38N4O5S. The van der Waals surface area contributed by atoms with Crippen LogP contribution in [0.15, 0.2) is 71.8 Å². The van der Waals surface area contributed by atoms with Gasteiger partial charge in [0.1, 0.15) is 17.6 Å². The third kappa shape index (κ3) is 8.28. The van der Waals surface area contributed by atoms with E-state index in [9.17, 15) is 18.3 Å². The smallest absolute Gasteiger partial charge is 0.253 e. The van der Waals surface area contributed by atoms with Crippen molar-refractivity contribution in [2.75, 3.05) is 32.4 Å². The molecule has 2 aliphatic rings. The topological polar surface area (TPSA) is 112 Å². The molecule has 0 bridgehead atoms. The first kappa shape index (κ1) is 29.0. The molecule has 3 aromatic rings. The quantitative estimate of drug-likeness (QED) is 0.396. The molecule has 0 atom stereocenters. The number of hydrogen-bond acceptors (Lipinski definition) is 8. The van der Waals surface area contributed by atoms with Crippen molar-refractivity contribution in [2.45, 2.75) is 55.8 Å². The molecule has 218 valence electrons. The maximum Gasteiger partial charge on any atom is 0.253 e. The average Bonchev–Trinajstić information content (AvgIpc) is 2.96. The molecule has 1 aromatic heterocycles. The van der Waals surface area contributed by atoms with Gasteiger partial charge in [0.15, 0.2) is 9.84 Å². The molecule has 2 fully saturated rings. The molecule has 10 heteroatoms. The fourth-order valence-electron chi connectivity index (χ4n) is 5.39. The third-order valence-corrected chi connectivity index (χ3v) is 8.96. The van der Waals surface area contributed by atoms with E-state index in [1.165, 1.54) is 11.8 Å². The van der Waals surface area contributed by atoms with E-state index in [1.54, 1.807) is 42.6 Å². The Bertz CT molecular complexity index is 1400. The van der Waals surface area contributed by atoms with Crippen molar-refractivity contribution < 1.29 is 23.1 Å². The van der Waals surface area contributed by atoms with Crippen LogP contribution >= 0.6 is 0 Å². The number of amides is 1. The van der Waals surface area contributed by atoms with Crippen LogP contribution in [0, 0.1) is 0 Å². The van der Waals surface area contributed by atoms with Crippen molar-refractivity contribution in [1.82, 2.24) is 20.1 Å². The molecule has 41 heavy (non-hydrogen) atoms. The van der Waals surface area contributed by atoms with Crippen molar-refractivity contribution in [3.05, 3.63) is 83.7 Å². The number of ether oxygens (including phenoxy) is 1. The van der Waals surface area contributed by atoms with Gasteiger partial charge in [-0.1, -0.05) is 12.1 Å². The van der Waals surface area contributed by atoms with E-state index in [4.69, 9.17) is 4.74 Å². The van der Waals surface area contributed by atoms with E-state index in [-0.39, 0.29) is 23.8 Å². The number of pyridine rings is 1. The highest BCUT2D eigenvalue weighted by Crippen LogP contribution is 2.22. The lowest BCUT2D eigenvalue weighted by Crippen LogP contribution is -2.44. The first-order valence-electron chi connectivity index (χ1n) is 14.2. The normalized spacial score (nSPS) is 17.8. The van der Waals surface area contributed by atoms with Gasteiger partial charge in [-0.2, -0.15) is 0 Å². The predicted molar refractivity (Wildman–Crippen MR) is 157 cm³/mol. The number of carbonyl (C=O) groups is 1. The van der Waals surface area contributed by atoms with Crippen molar-refractivity contribution in [2.24, 2.45) is 0 Å². The molecule has 2 aliphatic heterocycles. The molecule has 3 heterocycles. The molecule has 5 rings (SSSR count). The standard InChI is InChI=1S/C31H38N4O5S/c1-41(38,39)30-10-8-28(9-11-30)40-29-14-18-35(19-15-29)22-26-5-4-24(20-32-26)31(37)33-25-12-16-34(17-13-25)21-23-2-6-27(36)7-3-23/h2-11,20,25,29,36H,12-19,21-22H2,1H3,(H,33,37). The maximum absolute atomic E-state index is 12.8. The third-order valence-electron chi connectivity index (χ3n) is 7.83. The van der Waals surface area contributed by atoms with Gasteiger partial charge in [0.25, 0.3) is 5.91 Å². The maximum atomic E-state index is 12.8. The molecule has 2 saturated heterocycles. The zero-order valence-corrected chi connectivity index (χ0v) is 24.2. The van der Waals surface area contributed by atoms with E-state index in [2.05, 4.69) is 20.1 Å². The average molecular weight is 579 g/mol. The predicted octanol–water partition coefficient (Wildman–Crippen LogP) is 3.63. The Kier molecular flexibility index (Phi) is 9.22. The number of nitrogens with zero attached hydrogens (tertiary/aromatic N) is 3. The number of rotatable bonds is 9. The number of phenols is 1. The number of hydrogen-bond donors (Lipinski definition) is 2. The summed E-state index contributed by atoms with van der Waals surface area (Å²) in [6, 6.07) is 17.9. The summed E-state index contributed by atoms with van der Waals surface area (Å²) >= 11 is 0. The Labute approximate surface area is 242 Å². The Morgan fingerprint density at radius 3 is 2.15 bits per heavy atom. The highest BCUT2D eigenvalue weighted by Gasteiger charge is 2.23. The second-order valence-electron chi connectivity index (χ2n) is 11.1.